The van der Waals surface area contributed by atoms with Crippen molar-refractivity contribution < 1.29 is 27.4 Å². The van der Waals surface area contributed by atoms with Crippen molar-refractivity contribution in [3.8, 4) is 5.75 Å². The first kappa shape index (κ1) is 19.6. The van der Waals surface area contributed by atoms with Gasteiger partial charge in [-0.05, 0) is 20.8 Å². The average Bonchev–Trinajstić information content (AvgIpc) is 3.10. The van der Waals surface area contributed by atoms with Crippen LogP contribution in [0, 0.1) is 11.8 Å². The molecule has 0 radical (unpaired) electrons. The number of aromatic nitrogens is 1. The molecular weight excluding hydrogens is 363 g/mol. The van der Waals surface area contributed by atoms with Crippen molar-refractivity contribution in [1.29, 1.82) is 0 Å². The molecule has 0 saturated carbocycles. The molecule has 0 bridgehead atoms. The second-order valence-electron chi connectivity index (χ2n) is 8.09. The van der Waals surface area contributed by atoms with E-state index < -0.39 is 18.4 Å². The molecule has 6 nitrogen and oxygen atoms in total. The molecule has 0 aliphatic carbocycles. The number of hydrogen-bond acceptors (Lipinski definition) is 5. The summed E-state index contributed by atoms with van der Waals surface area (Å²) in [7, 11) is 0. The van der Waals surface area contributed by atoms with Crippen molar-refractivity contribution in [2.24, 2.45) is 11.8 Å². The molecule has 1 amide bonds. The Bertz CT molecular complexity index is 676. The van der Waals surface area contributed by atoms with E-state index in [1.54, 1.807) is 17.2 Å². The number of halogens is 3. The topological polar surface area (TPSA) is 54.9 Å². The lowest BCUT2D eigenvalue weighted by atomic mass is 10.0. The summed E-state index contributed by atoms with van der Waals surface area (Å²) in [5, 5.41) is 0. The third-order valence-corrected chi connectivity index (χ3v) is 4.60. The summed E-state index contributed by atoms with van der Waals surface area (Å²) in [6.07, 6.45) is -1.79. The zero-order valence-corrected chi connectivity index (χ0v) is 15.6. The van der Waals surface area contributed by atoms with Gasteiger partial charge in [-0.15, -0.1) is 0 Å². The van der Waals surface area contributed by atoms with Crippen LogP contribution in [0.15, 0.2) is 18.5 Å². The molecule has 1 aromatic heterocycles. The zero-order valence-electron chi connectivity index (χ0n) is 15.6. The van der Waals surface area contributed by atoms with Gasteiger partial charge in [-0.3, -0.25) is 4.98 Å². The second kappa shape index (κ2) is 7.09. The Morgan fingerprint density at radius 3 is 2.33 bits per heavy atom. The van der Waals surface area contributed by atoms with Gasteiger partial charge in [0.1, 0.15) is 11.4 Å². The maximum atomic E-state index is 12.3. The summed E-state index contributed by atoms with van der Waals surface area (Å²) >= 11 is 0. The zero-order chi connectivity index (χ0) is 19.8. The number of fused-ring (bicyclic) bond motifs is 1. The Morgan fingerprint density at radius 1 is 1.15 bits per heavy atom. The highest BCUT2D eigenvalue weighted by atomic mass is 19.4. The maximum Gasteiger partial charge on any atom is 0.422 e. The van der Waals surface area contributed by atoms with E-state index in [0.717, 1.165) is 5.69 Å². The van der Waals surface area contributed by atoms with Crippen LogP contribution in [-0.2, 0) is 4.74 Å². The quantitative estimate of drug-likeness (QED) is 0.796. The number of anilines is 1. The number of alkyl halides is 3. The fourth-order valence-electron chi connectivity index (χ4n) is 3.50. The minimum Gasteiger partial charge on any atom is -0.482 e. The summed E-state index contributed by atoms with van der Waals surface area (Å²) in [6.45, 7) is 6.84. The van der Waals surface area contributed by atoms with E-state index in [-0.39, 0.29) is 11.8 Å². The summed E-state index contributed by atoms with van der Waals surface area (Å²) in [4.78, 5) is 20.0. The van der Waals surface area contributed by atoms with E-state index >= 15 is 0 Å². The summed E-state index contributed by atoms with van der Waals surface area (Å²) < 4.78 is 47.1. The summed E-state index contributed by atoms with van der Waals surface area (Å²) in [6, 6.07) is 1.57. The number of carbonyl (C=O) groups is 1. The number of nitrogens with zero attached hydrogens (tertiary/aromatic N) is 3. The minimum atomic E-state index is -4.38. The van der Waals surface area contributed by atoms with Crippen molar-refractivity contribution in [3.05, 3.63) is 18.5 Å². The van der Waals surface area contributed by atoms with Gasteiger partial charge in [-0.2, -0.15) is 13.2 Å². The lowest BCUT2D eigenvalue weighted by molar-refractivity contribution is -0.153. The van der Waals surface area contributed by atoms with Gasteiger partial charge in [0.15, 0.2) is 6.61 Å². The highest BCUT2D eigenvalue weighted by Crippen LogP contribution is 2.35. The van der Waals surface area contributed by atoms with Crippen molar-refractivity contribution >= 4 is 11.8 Å². The molecule has 9 heteroatoms. The SMILES string of the molecule is CC(C)(C)OC(=O)N1CC2CN(c3cncc(OCC(F)(F)F)c3)CC2C1. The lowest BCUT2D eigenvalue weighted by Crippen LogP contribution is -2.37. The number of likely N-dealkylation sites (tertiary alicyclic amines) is 1. The molecule has 2 aliphatic rings. The van der Waals surface area contributed by atoms with Gasteiger partial charge in [0.25, 0.3) is 0 Å². The molecule has 0 spiro atoms. The van der Waals surface area contributed by atoms with Crippen LogP contribution in [0.3, 0.4) is 0 Å². The Balaban J connectivity index is 1.57. The number of amides is 1. The predicted octanol–water partition coefficient (Wildman–Crippen LogP) is 3.33. The largest absolute Gasteiger partial charge is 0.482 e. The molecule has 3 rings (SSSR count). The summed E-state index contributed by atoms with van der Waals surface area (Å²) in [5.41, 5.74) is 0.205. The standard InChI is InChI=1S/C18H24F3N3O3/c1-17(2,3)27-16(25)24-9-12-7-23(8-13(12)10-24)14-4-15(6-22-5-14)26-11-18(19,20)21/h4-6,12-13H,7-11H2,1-3H3. The molecule has 2 aliphatic heterocycles. The van der Waals surface area contributed by atoms with Gasteiger partial charge in [0.2, 0.25) is 0 Å². The van der Waals surface area contributed by atoms with Crippen LogP contribution in [0.4, 0.5) is 23.7 Å². The van der Waals surface area contributed by atoms with Crippen LogP contribution in [0.5, 0.6) is 5.75 Å². The highest BCUT2D eigenvalue weighted by Gasteiger charge is 2.43. The van der Waals surface area contributed by atoms with Crippen LogP contribution >= 0.6 is 0 Å². The lowest BCUT2D eigenvalue weighted by Gasteiger charge is -2.26. The molecule has 0 aromatic carbocycles. The van der Waals surface area contributed by atoms with Crippen LogP contribution in [-0.4, -0.2) is 60.5 Å². The monoisotopic (exact) mass is 387 g/mol. The fraction of sp³-hybridized carbons (Fsp3) is 0.667. The second-order valence-corrected chi connectivity index (χ2v) is 8.09. The number of carbonyl (C=O) groups excluding carboxylic acids is 1. The Labute approximate surface area is 156 Å². The minimum absolute atomic E-state index is 0.0947. The average molecular weight is 387 g/mol. The van der Waals surface area contributed by atoms with Gasteiger partial charge in [-0.1, -0.05) is 0 Å². The molecule has 27 heavy (non-hydrogen) atoms. The van der Waals surface area contributed by atoms with Crippen molar-refractivity contribution in [1.82, 2.24) is 9.88 Å². The van der Waals surface area contributed by atoms with E-state index in [0.29, 0.717) is 38.0 Å². The summed E-state index contributed by atoms with van der Waals surface area (Å²) in [5.74, 6) is 0.701. The van der Waals surface area contributed by atoms with Crippen LogP contribution in [0.25, 0.3) is 0 Å². The van der Waals surface area contributed by atoms with Crippen LogP contribution in [0.2, 0.25) is 0 Å². The van der Waals surface area contributed by atoms with Crippen LogP contribution < -0.4 is 9.64 Å². The molecule has 2 fully saturated rings. The van der Waals surface area contributed by atoms with Crippen molar-refractivity contribution in [2.45, 2.75) is 32.5 Å². The number of rotatable bonds is 3. The molecule has 2 saturated heterocycles. The molecular formula is C18H24F3N3O3. The predicted molar refractivity (Wildman–Crippen MR) is 92.8 cm³/mol. The van der Waals surface area contributed by atoms with E-state index in [2.05, 4.69) is 9.88 Å². The molecule has 2 atom stereocenters. The Hall–Kier alpha value is -2.19. The molecule has 0 N–H and O–H groups in total. The van der Waals surface area contributed by atoms with Gasteiger partial charge in [-0.25, -0.2) is 4.79 Å². The Morgan fingerprint density at radius 2 is 1.78 bits per heavy atom. The molecule has 3 heterocycles. The van der Waals surface area contributed by atoms with Gasteiger partial charge in [0.05, 0.1) is 18.1 Å². The molecule has 1 aromatic rings. The van der Waals surface area contributed by atoms with E-state index in [1.807, 2.05) is 20.8 Å². The number of ether oxygens (including phenoxy) is 2. The van der Waals surface area contributed by atoms with E-state index in [4.69, 9.17) is 9.47 Å². The molecule has 2 unspecified atom stereocenters. The van der Waals surface area contributed by atoms with Gasteiger partial charge in [0, 0.05) is 44.1 Å². The van der Waals surface area contributed by atoms with E-state index in [9.17, 15) is 18.0 Å². The maximum absolute atomic E-state index is 12.3. The van der Waals surface area contributed by atoms with Gasteiger partial charge >= 0.3 is 12.3 Å². The number of pyridine rings is 1. The third kappa shape index (κ3) is 5.17. The number of hydrogen-bond donors (Lipinski definition) is 0. The van der Waals surface area contributed by atoms with Crippen molar-refractivity contribution in [2.75, 3.05) is 37.7 Å². The molecule has 150 valence electrons. The van der Waals surface area contributed by atoms with Crippen LogP contribution in [0.1, 0.15) is 20.8 Å². The first-order valence-electron chi connectivity index (χ1n) is 8.88. The first-order valence-corrected chi connectivity index (χ1v) is 8.88. The van der Waals surface area contributed by atoms with Crippen molar-refractivity contribution in [3.63, 3.8) is 0 Å². The smallest absolute Gasteiger partial charge is 0.422 e. The highest BCUT2D eigenvalue weighted by molar-refractivity contribution is 5.68. The fourth-order valence-corrected chi connectivity index (χ4v) is 3.50. The van der Waals surface area contributed by atoms with Gasteiger partial charge < -0.3 is 19.3 Å². The van der Waals surface area contributed by atoms with E-state index in [1.165, 1.54) is 6.20 Å². The third-order valence-electron chi connectivity index (χ3n) is 4.60. The Kier molecular flexibility index (Phi) is 5.14. The first-order chi connectivity index (χ1) is 12.5. The normalized spacial score (nSPS) is 22.7.